The first-order chi connectivity index (χ1) is 13.5. The summed E-state index contributed by atoms with van der Waals surface area (Å²) in [7, 11) is 0. The highest BCUT2D eigenvalue weighted by molar-refractivity contribution is 8.00. The number of para-hydroxylation sites is 1. The lowest BCUT2D eigenvalue weighted by atomic mass is 10.1. The van der Waals surface area contributed by atoms with Gasteiger partial charge in [0.05, 0.1) is 17.1 Å². The number of nitrogens with zero attached hydrogens (tertiary/aromatic N) is 2. The molecule has 0 aliphatic carbocycles. The molecule has 0 N–H and O–H groups in total. The van der Waals surface area contributed by atoms with Crippen LogP contribution in [0.2, 0.25) is 0 Å². The lowest BCUT2D eigenvalue weighted by Gasteiger charge is -2.17. The van der Waals surface area contributed by atoms with E-state index in [1.54, 1.807) is 23.9 Å². The molecule has 28 heavy (non-hydrogen) atoms. The van der Waals surface area contributed by atoms with Gasteiger partial charge in [-0.1, -0.05) is 17.3 Å². The number of thioether (sulfide) groups is 1. The van der Waals surface area contributed by atoms with E-state index in [9.17, 15) is 13.2 Å². The molecule has 1 fully saturated rings. The molecule has 1 atom stereocenters. The minimum absolute atomic E-state index is 0.0780. The van der Waals surface area contributed by atoms with Gasteiger partial charge in [-0.2, -0.15) is 18.2 Å². The topological polar surface area (TPSA) is 57.4 Å². The molecule has 4 rings (SSSR count). The fourth-order valence-corrected chi connectivity index (χ4v) is 3.93. The third kappa shape index (κ3) is 4.15. The molecule has 2 aromatic carbocycles. The summed E-state index contributed by atoms with van der Waals surface area (Å²) in [5, 5.41) is 3.84. The SMILES string of the molecule is FC(F)(F)c1cc(-c2ncon2)ccc1Oc1ccccc1SC1CCOC1. The summed E-state index contributed by atoms with van der Waals surface area (Å²) in [6, 6.07) is 10.7. The van der Waals surface area contributed by atoms with Crippen molar-refractivity contribution < 1.29 is 27.2 Å². The maximum Gasteiger partial charge on any atom is 0.420 e. The first-order valence-electron chi connectivity index (χ1n) is 8.50. The molecule has 0 saturated carbocycles. The van der Waals surface area contributed by atoms with Gasteiger partial charge in [0.15, 0.2) is 0 Å². The van der Waals surface area contributed by atoms with Gasteiger partial charge in [-0.25, -0.2) is 0 Å². The number of ether oxygens (including phenoxy) is 2. The van der Waals surface area contributed by atoms with Gasteiger partial charge in [0.2, 0.25) is 12.2 Å². The van der Waals surface area contributed by atoms with Crippen LogP contribution in [0.1, 0.15) is 12.0 Å². The van der Waals surface area contributed by atoms with Gasteiger partial charge in [0.1, 0.15) is 11.5 Å². The molecule has 9 heteroatoms. The zero-order valence-corrected chi connectivity index (χ0v) is 15.3. The number of benzene rings is 2. The third-order valence-electron chi connectivity index (χ3n) is 4.16. The van der Waals surface area contributed by atoms with Crippen LogP contribution >= 0.6 is 11.8 Å². The summed E-state index contributed by atoms with van der Waals surface area (Å²) in [6.07, 6.45) is -2.64. The van der Waals surface area contributed by atoms with E-state index >= 15 is 0 Å². The van der Waals surface area contributed by atoms with Crippen LogP contribution in [0.25, 0.3) is 11.4 Å². The van der Waals surface area contributed by atoms with Crippen LogP contribution in [0.5, 0.6) is 11.5 Å². The lowest BCUT2D eigenvalue weighted by molar-refractivity contribution is -0.138. The molecule has 0 radical (unpaired) electrons. The largest absolute Gasteiger partial charge is 0.456 e. The number of hydrogen-bond donors (Lipinski definition) is 0. The Kier molecular flexibility index (Phi) is 5.27. The molecule has 1 saturated heterocycles. The van der Waals surface area contributed by atoms with Gasteiger partial charge in [-0.3, -0.25) is 0 Å². The number of rotatable bonds is 5. The Morgan fingerprint density at radius 1 is 1.11 bits per heavy atom. The van der Waals surface area contributed by atoms with Crippen LogP contribution in [0.15, 0.2) is 58.3 Å². The Morgan fingerprint density at radius 2 is 1.96 bits per heavy atom. The van der Waals surface area contributed by atoms with Crippen molar-refractivity contribution in [2.75, 3.05) is 13.2 Å². The Balaban J connectivity index is 1.66. The van der Waals surface area contributed by atoms with E-state index in [1.807, 2.05) is 12.1 Å². The molecule has 2 heterocycles. The Labute approximate surface area is 162 Å². The smallest absolute Gasteiger partial charge is 0.420 e. The summed E-state index contributed by atoms with van der Waals surface area (Å²) >= 11 is 1.55. The second kappa shape index (κ2) is 7.84. The van der Waals surface area contributed by atoms with Gasteiger partial charge < -0.3 is 14.0 Å². The minimum Gasteiger partial charge on any atom is -0.456 e. The van der Waals surface area contributed by atoms with Gasteiger partial charge in [-0.15, -0.1) is 11.8 Å². The van der Waals surface area contributed by atoms with Crippen LogP contribution in [-0.2, 0) is 10.9 Å². The molecule has 1 aliphatic heterocycles. The van der Waals surface area contributed by atoms with Gasteiger partial charge >= 0.3 is 6.18 Å². The molecule has 0 spiro atoms. The molecule has 1 aliphatic rings. The van der Waals surface area contributed by atoms with Gasteiger partial charge in [-0.05, 0) is 36.8 Å². The van der Waals surface area contributed by atoms with Crippen molar-refractivity contribution in [2.24, 2.45) is 0 Å². The standard InChI is InChI=1S/C19H15F3N2O3S/c20-19(21,22)14-9-12(18-23-11-26-24-18)5-6-15(14)27-16-3-1-2-4-17(16)28-13-7-8-25-10-13/h1-6,9,11,13H,7-8,10H2. The van der Waals surface area contributed by atoms with Crippen molar-refractivity contribution in [1.82, 2.24) is 10.1 Å². The van der Waals surface area contributed by atoms with Crippen LogP contribution in [-0.4, -0.2) is 28.6 Å². The van der Waals surface area contributed by atoms with Crippen molar-refractivity contribution >= 4 is 11.8 Å². The minimum atomic E-state index is -4.60. The van der Waals surface area contributed by atoms with E-state index in [2.05, 4.69) is 14.7 Å². The summed E-state index contributed by atoms with van der Waals surface area (Å²) in [6.45, 7) is 1.31. The zero-order chi connectivity index (χ0) is 19.6. The molecule has 1 unspecified atom stereocenters. The maximum atomic E-state index is 13.6. The molecule has 1 aromatic heterocycles. The van der Waals surface area contributed by atoms with E-state index in [4.69, 9.17) is 9.47 Å². The average molecular weight is 408 g/mol. The van der Waals surface area contributed by atoms with Crippen molar-refractivity contribution in [1.29, 1.82) is 0 Å². The van der Waals surface area contributed by atoms with Crippen molar-refractivity contribution in [3.8, 4) is 22.9 Å². The van der Waals surface area contributed by atoms with Crippen LogP contribution in [0, 0.1) is 0 Å². The predicted molar refractivity (Wildman–Crippen MR) is 96.3 cm³/mol. The third-order valence-corrected chi connectivity index (χ3v) is 5.45. The highest BCUT2D eigenvalue weighted by Crippen LogP contribution is 2.42. The highest BCUT2D eigenvalue weighted by Gasteiger charge is 2.35. The predicted octanol–water partition coefficient (Wildman–Crippen LogP) is 5.43. The van der Waals surface area contributed by atoms with Gasteiger partial charge in [0.25, 0.3) is 0 Å². The molecular formula is C19H15F3N2O3S. The van der Waals surface area contributed by atoms with Crippen molar-refractivity contribution in [3.05, 3.63) is 54.4 Å². The average Bonchev–Trinajstić information content (AvgIpc) is 3.37. The first-order valence-corrected chi connectivity index (χ1v) is 9.38. The second-order valence-corrected chi connectivity index (χ2v) is 7.46. The maximum absolute atomic E-state index is 13.6. The lowest BCUT2D eigenvalue weighted by Crippen LogP contribution is -2.08. The molecule has 0 amide bonds. The Morgan fingerprint density at radius 3 is 2.68 bits per heavy atom. The van der Waals surface area contributed by atoms with Crippen molar-refractivity contribution in [2.45, 2.75) is 22.7 Å². The molecule has 3 aromatic rings. The van der Waals surface area contributed by atoms with Crippen LogP contribution < -0.4 is 4.74 Å². The van der Waals surface area contributed by atoms with E-state index in [-0.39, 0.29) is 22.4 Å². The molecular weight excluding hydrogens is 393 g/mol. The number of hydrogen-bond acceptors (Lipinski definition) is 6. The summed E-state index contributed by atoms with van der Waals surface area (Å²) in [5.41, 5.74) is -0.710. The normalized spacial score (nSPS) is 17.0. The zero-order valence-electron chi connectivity index (χ0n) is 14.5. The quantitative estimate of drug-likeness (QED) is 0.561. The highest BCUT2D eigenvalue weighted by atomic mass is 32.2. The van der Waals surface area contributed by atoms with E-state index < -0.39 is 11.7 Å². The summed E-state index contributed by atoms with van der Waals surface area (Å²) < 4.78 is 56.6. The molecule has 146 valence electrons. The fraction of sp³-hybridized carbons (Fsp3) is 0.263. The molecule has 5 nitrogen and oxygen atoms in total. The van der Waals surface area contributed by atoms with Gasteiger partial charge in [0, 0.05) is 17.4 Å². The first kappa shape index (κ1) is 18.8. The number of halogens is 3. The monoisotopic (exact) mass is 408 g/mol. The summed E-state index contributed by atoms with van der Waals surface area (Å²) in [4.78, 5) is 4.57. The Hall–Kier alpha value is -2.52. The molecule has 0 bridgehead atoms. The summed E-state index contributed by atoms with van der Waals surface area (Å²) in [5.74, 6) is 0.168. The fourth-order valence-electron chi connectivity index (χ4n) is 2.81. The van der Waals surface area contributed by atoms with Crippen LogP contribution in [0.3, 0.4) is 0 Å². The number of alkyl halides is 3. The van der Waals surface area contributed by atoms with E-state index in [0.29, 0.717) is 19.0 Å². The Bertz CT molecular complexity index is 942. The van der Waals surface area contributed by atoms with Crippen LogP contribution in [0.4, 0.5) is 13.2 Å². The van der Waals surface area contributed by atoms with E-state index in [1.165, 1.54) is 12.1 Å². The number of aromatic nitrogens is 2. The van der Waals surface area contributed by atoms with E-state index in [0.717, 1.165) is 23.8 Å². The second-order valence-electron chi connectivity index (χ2n) is 6.12. The van der Waals surface area contributed by atoms with Crippen molar-refractivity contribution in [3.63, 3.8) is 0 Å².